The number of aliphatic hydroxyl groups excluding tert-OH is 1. The molecule has 1 aromatic carbocycles. The highest BCUT2D eigenvalue weighted by atomic mass is 35.5. The molecule has 0 spiro atoms. The van der Waals surface area contributed by atoms with Crippen molar-refractivity contribution in [2.45, 2.75) is 32.9 Å². The predicted molar refractivity (Wildman–Crippen MR) is 79.4 cm³/mol. The lowest BCUT2D eigenvalue weighted by molar-refractivity contribution is 0.204. The Balaban J connectivity index is 2.46. The van der Waals surface area contributed by atoms with Crippen LogP contribution in [0.25, 0.3) is 0 Å². The van der Waals surface area contributed by atoms with E-state index in [1.807, 2.05) is 39.0 Å². The molecule has 1 heterocycles. The van der Waals surface area contributed by atoms with Crippen LogP contribution in [0, 0.1) is 6.92 Å². The van der Waals surface area contributed by atoms with Crippen molar-refractivity contribution in [2.24, 2.45) is 0 Å². The van der Waals surface area contributed by atoms with Crippen molar-refractivity contribution in [1.82, 2.24) is 9.78 Å². The summed E-state index contributed by atoms with van der Waals surface area (Å²) in [5.41, 5.74) is 2.36. The van der Waals surface area contributed by atoms with Crippen molar-refractivity contribution >= 4 is 11.6 Å². The summed E-state index contributed by atoms with van der Waals surface area (Å²) in [5.74, 6) is 0.744. The number of benzene rings is 1. The molecule has 5 heteroatoms. The average molecular weight is 295 g/mol. The average Bonchev–Trinajstić information content (AvgIpc) is 2.80. The molecule has 2 rings (SSSR count). The van der Waals surface area contributed by atoms with Crippen molar-refractivity contribution in [2.75, 3.05) is 7.11 Å². The Morgan fingerprint density at radius 2 is 2.05 bits per heavy atom. The summed E-state index contributed by atoms with van der Waals surface area (Å²) in [6, 6.07) is 5.74. The van der Waals surface area contributed by atoms with Crippen LogP contribution in [0.5, 0.6) is 5.75 Å². The number of halogens is 1. The predicted octanol–water partition coefficient (Wildman–Crippen LogP) is 3.52. The molecule has 0 saturated heterocycles. The molecule has 0 saturated carbocycles. The van der Waals surface area contributed by atoms with Gasteiger partial charge in [-0.15, -0.1) is 0 Å². The van der Waals surface area contributed by atoms with Gasteiger partial charge in [-0.25, -0.2) is 0 Å². The zero-order chi connectivity index (χ0) is 14.9. The van der Waals surface area contributed by atoms with Gasteiger partial charge in [0.2, 0.25) is 0 Å². The van der Waals surface area contributed by atoms with E-state index in [2.05, 4.69) is 5.10 Å². The molecular weight excluding hydrogens is 276 g/mol. The number of ether oxygens (including phenoxy) is 1. The standard InChI is InChI=1S/C15H19ClN2O2/c1-9(2)18-14(12(16)8-17-18)15(19)11-6-5-10(3)13(7-11)20-4/h5-9,15,19H,1-4H3. The number of aryl methyl sites for hydroxylation is 1. The van der Waals surface area contributed by atoms with E-state index >= 15 is 0 Å². The number of aromatic nitrogens is 2. The summed E-state index contributed by atoms with van der Waals surface area (Å²) in [5, 5.41) is 15.3. The van der Waals surface area contributed by atoms with Gasteiger partial charge in [0.05, 0.1) is 24.0 Å². The molecule has 0 aliphatic carbocycles. The van der Waals surface area contributed by atoms with Gasteiger partial charge < -0.3 is 9.84 Å². The summed E-state index contributed by atoms with van der Waals surface area (Å²) in [4.78, 5) is 0. The molecule has 0 fully saturated rings. The van der Waals surface area contributed by atoms with E-state index in [1.165, 1.54) is 0 Å². The van der Waals surface area contributed by atoms with Crippen molar-refractivity contribution in [3.8, 4) is 5.75 Å². The van der Waals surface area contributed by atoms with Gasteiger partial charge in [0.15, 0.2) is 0 Å². The van der Waals surface area contributed by atoms with Gasteiger partial charge >= 0.3 is 0 Å². The van der Waals surface area contributed by atoms with E-state index in [0.717, 1.165) is 16.9 Å². The third kappa shape index (κ3) is 2.67. The highest BCUT2D eigenvalue weighted by molar-refractivity contribution is 6.31. The molecule has 2 aromatic rings. The second-order valence-corrected chi connectivity index (χ2v) is 5.45. The van der Waals surface area contributed by atoms with E-state index in [9.17, 15) is 5.11 Å². The molecule has 108 valence electrons. The van der Waals surface area contributed by atoms with Crippen molar-refractivity contribution < 1.29 is 9.84 Å². The van der Waals surface area contributed by atoms with Gasteiger partial charge in [0, 0.05) is 6.04 Å². The van der Waals surface area contributed by atoms with Gasteiger partial charge in [0.1, 0.15) is 11.9 Å². The molecule has 0 aliphatic heterocycles. The number of rotatable bonds is 4. The van der Waals surface area contributed by atoms with Crippen molar-refractivity contribution in [3.63, 3.8) is 0 Å². The van der Waals surface area contributed by atoms with E-state index in [4.69, 9.17) is 16.3 Å². The molecular formula is C15H19ClN2O2. The van der Waals surface area contributed by atoms with Gasteiger partial charge in [-0.05, 0) is 38.0 Å². The van der Waals surface area contributed by atoms with Crippen LogP contribution >= 0.6 is 11.6 Å². The maximum Gasteiger partial charge on any atom is 0.122 e. The highest BCUT2D eigenvalue weighted by Crippen LogP contribution is 2.32. The maximum atomic E-state index is 10.6. The van der Waals surface area contributed by atoms with Crippen molar-refractivity contribution in [1.29, 1.82) is 0 Å². The zero-order valence-corrected chi connectivity index (χ0v) is 12.8. The Hall–Kier alpha value is -1.52. The largest absolute Gasteiger partial charge is 0.496 e. The van der Waals surface area contributed by atoms with Gasteiger partial charge in [0.25, 0.3) is 0 Å². The fraction of sp³-hybridized carbons (Fsp3) is 0.400. The van der Waals surface area contributed by atoms with Gasteiger partial charge in [-0.3, -0.25) is 4.68 Å². The molecule has 4 nitrogen and oxygen atoms in total. The highest BCUT2D eigenvalue weighted by Gasteiger charge is 2.22. The van der Waals surface area contributed by atoms with Crippen LogP contribution in [0.3, 0.4) is 0 Å². The first-order chi connectivity index (χ1) is 9.45. The van der Waals surface area contributed by atoms with E-state index in [1.54, 1.807) is 18.0 Å². The smallest absolute Gasteiger partial charge is 0.122 e. The van der Waals surface area contributed by atoms with E-state index < -0.39 is 6.10 Å². The molecule has 0 bridgehead atoms. The zero-order valence-electron chi connectivity index (χ0n) is 12.1. The third-order valence-corrected chi connectivity index (χ3v) is 3.57. The second kappa shape index (κ2) is 5.85. The quantitative estimate of drug-likeness (QED) is 0.938. The fourth-order valence-corrected chi connectivity index (χ4v) is 2.42. The summed E-state index contributed by atoms with van der Waals surface area (Å²) in [6.07, 6.45) is 0.729. The molecule has 1 aromatic heterocycles. The molecule has 20 heavy (non-hydrogen) atoms. The van der Waals surface area contributed by atoms with Gasteiger partial charge in [-0.2, -0.15) is 5.10 Å². The SMILES string of the molecule is COc1cc(C(O)c2c(Cl)cnn2C(C)C)ccc1C. The van der Waals surface area contributed by atoms with Crippen LogP contribution in [0.4, 0.5) is 0 Å². The normalized spacial score (nSPS) is 12.8. The fourth-order valence-electron chi connectivity index (χ4n) is 2.18. The first-order valence-corrected chi connectivity index (χ1v) is 6.89. The minimum Gasteiger partial charge on any atom is -0.496 e. The molecule has 0 radical (unpaired) electrons. The van der Waals surface area contributed by atoms with Crippen LogP contribution in [0.2, 0.25) is 5.02 Å². The van der Waals surface area contributed by atoms with Crippen LogP contribution in [-0.4, -0.2) is 22.0 Å². The van der Waals surface area contributed by atoms with Crippen LogP contribution in [0.1, 0.15) is 42.8 Å². The number of hydrogen-bond acceptors (Lipinski definition) is 3. The van der Waals surface area contributed by atoms with Crippen LogP contribution in [-0.2, 0) is 0 Å². The lowest BCUT2D eigenvalue weighted by Crippen LogP contribution is -2.12. The minimum atomic E-state index is -0.832. The summed E-state index contributed by atoms with van der Waals surface area (Å²) < 4.78 is 7.03. The Labute approximate surface area is 123 Å². The first kappa shape index (κ1) is 14.9. The number of methoxy groups -OCH3 is 1. The van der Waals surface area contributed by atoms with Crippen molar-refractivity contribution in [3.05, 3.63) is 46.2 Å². The molecule has 1 N–H and O–H groups in total. The molecule has 0 aliphatic rings. The molecule has 1 unspecified atom stereocenters. The number of nitrogens with zero attached hydrogens (tertiary/aromatic N) is 2. The van der Waals surface area contributed by atoms with E-state index in [-0.39, 0.29) is 6.04 Å². The summed E-state index contributed by atoms with van der Waals surface area (Å²) in [7, 11) is 1.61. The Morgan fingerprint density at radius 1 is 1.35 bits per heavy atom. The number of aliphatic hydroxyl groups is 1. The minimum absolute atomic E-state index is 0.125. The first-order valence-electron chi connectivity index (χ1n) is 6.51. The van der Waals surface area contributed by atoms with Crippen LogP contribution < -0.4 is 4.74 Å². The lowest BCUT2D eigenvalue weighted by atomic mass is 10.0. The maximum absolute atomic E-state index is 10.6. The Bertz CT molecular complexity index is 608. The van der Waals surface area contributed by atoms with Crippen LogP contribution in [0.15, 0.2) is 24.4 Å². The number of hydrogen-bond donors (Lipinski definition) is 1. The Morgan fingerprint density at radius 3 is 2.65 bits per heavy atom. The lowest BCUT2D eigenvalue weighted by Gasteiger charge is -2.18. The summed E-state index contributed by atoms with van der Waals surface area (Å²) >= 11 is 6.16. The third-order valence-electron chi connectivity index (χ3n) is 3.28. The monoisotopic (exact) mass is 294 g/mol. The Kier molecular flexibility index (Phi) is 4.35. The summed E-state index contributed by atoms with van der Waals surface area (Å²) in [6.45, 7) is 5.95. The van der Waals surface area contributed by atoms with E-state index in [0.29, 0.717) is 10.7 Å². The molecule has 1 atom stereocenters. The topological polar surface area (TPSA) is 47.3 Å². The van der Waals surface area contributed by atoms with Gasteiger partial charge in [-0.1, -0.05) is 23.7 Å². The second-order valence-electron chi connectivity index (χ2n) is 5.05. The molecule has 0 amide bonds.